The first-order valence-corrected chi connectivity index (χ1v) is 7.45. The number of aromatic nitrogens is 1. The van der Waals surface area contributed by atoms with Crippen LogP contribution >= 0.6 is 11.3 Å². The van der Waals surface area contributed by atoms with E-state index in [1.165, 1.54) is 15.6 Å². The van der Waals surface area contributed by atoms with Crippen LogP contribution in [0.2, 0.25) is 0 Å². The summed E-state index contributed by atoms with van der Waals surface area (Å²) in [7, 11) is 0. The third-order valence-electron chi connectivity index (χ3n) is 3.56. The largest absolute Gasteiger partial charge is 0.271 e. The van der Waals surface area contributed by atoms with Crippen LogP contribution in [0.25, 0.3) is 10.1 Å². The van der Waals surface area contributed by atoms with E-state index in [-0.39, 0.29) is 6.04 Å². The summed E-state index contributed by atoms with van der Waals surface area (Å²) in [6, 6.07) is 12.6. The molecule has 0 radical (unpaired) electrons. The molecule has 1 unspecified atom stereocenters. The summed E-state index contributed by atoms with van der Waals surface area (Å²) in [6.07, 6.45) is 0. The summed E-state index contributed by atoms with van der Waals surface area (Å²) in [6.45, 7) is 4.03. The van der Waals surface area contributed by atoms with Gasteiger partial charge in [0.25, 0.3) is 0 Å². The van der Waals surface area contributed by atoms with Gasteiger partial charge in [0.05, 0.1) is 6.04 Å². The number of aryl methyl sites for hydroxylation is 2. The number of nitrogens with one attached hydrogen (secondary N) is 1. The fourth-order valence-corrected chi connectivity index (χ4v) is 3.54. The number of nitrogens with zero attached hydrogens (tertiary/aromatic N) is 1. The SMILES string of the molecule is Cc1ccc(C(NN)c2cccc3ccsc23)c(C)n1. The van der Waals surface area contributed by atoms with E-state index in [2.05, 4.69) is 46.1 Å². The lowest BCUT2D eigenvalue weighted by Crippen LogP contribution is -2.29. The van der Waals surface area contributed by atoms with E-state index in [1.807, 2.05) is 19.9 Å². The zero-order valence-corrected chi connectivity index (χ0v) is 12.4. The Morgan fingerprint density at radius 3 is 2.70 bits per heavy atom. The van der Waals surface area contributed by atoms with Crippen LogP contribution in [0.15, 0.2) is 41.8 Å². The highest BCUT2D eigenvalue weighted by Crippen LogP contribution is 2.32. The summed E-state index contributed by atoms with van der Waals surface area (Å²) < 4.78 is 1.27. The van der Waals surface area contributed by atoms with Crippen LogP contribution in [0, 0.1) is 13.8 Å². The third-order valence-corrected chi connectivity index (χ3v) is 4.54. The van der Waals surface area contributed by atoms with E-state index < -0.39 is 0 Å². The lowest BCUT2D eigenvalue weighted by Gasteiger charge is -2.19. The Morgan fingerprint density at radius 1 is 1.10 bits per heavy atom. The van der Waals surface area contributed by atoms with Crippen LogP contribution in [0.4, 0.5) is 0 Å². The van der Waals surface area contributed by atoms with Crippen molar-refractivity contribution in [1.29, 1.82) is 0 Å². The average molecular weight is 283 g/mol. The van der Waals surface area contributed by atoms with Gasteiger partial charge in [-0.15, -0.1) is 11.3 Å². The lowest BCUT2D eigenvalue weighted by atomic mass is 9.97. The van der Waals surface area contributed by atoms with Crippen LogP contribution in [-0.2, 0) is 0 Å². The molecule has 2 heterocycles. The topological polar surface area (TPSA) is 50.9 Å². The summed E-state index contributed by atoms with van der Waals surface area (Å²) in [5.41, 5.74) is 7.31. The standard InChI is InChI=1S/C16H17N3S/c1-10-6-7-13(11(2)18-10)15(19-17)14-5-3-4-12-8-9-20-16(12)14/h3-9,15,19H,17H2,1-2H3. The lowest BCUT2D eigenvalue weighted by molar-refractivity contribution is 0.634. The van der Waals surface area contributed by atoms with E-state index in [4.69, 9.17) is 5.84 Å². The minimum atomic E-state index is -0.0366. The highest BCUT2D eigenvalue weighted by atomic mass is 32.1. The minimum absolute atomic E-state index is 0.0366. The first-order chi connectivity index (χ1) is 9.70. The van der Waals surface area contributed by atoms with Crippen molar-refractivity contribution in [3.63, 3.8) is 0 Å². The smallest absolute Gasteiger partial charge is 0.0741 e. The molecule has 4 heteroatoms. The monoisotopic (exact) mass is 283 g/mol. The molecule has 1 aromatic carbocycles. The second-order valence-electron chi connectivity index (χ2n) is 4.91. The van der Waals surface area contributed by atoms with Gasteiger partial charge in [-0.25, -0.2) is 5.43 Å². The van der Waals surface area contributed by atoms with Gasteiger partial charge >= 0.3 is 0 Å². The summed E-state index contributed by atoms with van der Waals surface area (Å²) in [5, 5.41) is 3.37. The number of hydrazine groups is 1. The number of fused-ring (bicyclic) bond motifs is 1. The van der Waals surface area contributed by atoms with Crippen molar-refractivity contribution in [3.8, 4) is 0 Å². The molecule has 0 aliphatic carbocycles. The molecule has 20 heavy (non-hydrogen) atoms. The van der Waals surface area contributed by atoms with Gasteiger partial charge in [0.2, 0.25) is 0 Å². The third kappa shape index (κ3) is 2.22. The van der Waals surface area contributed by atoms with Crippen molar-refractivity contribution in [2.24, 2.45) is 5.84 Å². The first kappa shape index (κ1) is 13.2. The van der Waals surface area contributed by atoms with Gasteiger partial charge in [-0.1, -0.05) is 24.3 Å². The predicted molar refractivity (Wildman–Crippen MR) is 84.7 cm³/mol. The number of nitrogens with two attached hydrogens (primary N) is 1. The number of rotatable bonds is 3. The highest BCUT2D eigenvalue weighted by molar-refractivity contribution is 7.17. The molecule has 3 N–H and O–H groups in total. The highest BCUT2D eigenvalue weighted by Gasteiger charge is 2.18. The Balaban J connectivity index is 2.16. The Labute approximate surface area is 122 Å². The Hall–Kier alpha value is -1.75. The maximum atomic E-state index is 5.83. The van der Waals surface area contributed by atoms with Crippen LogP contribution in [-0.4, -0.2) is 4.98 Å². The zero-order valence-electron chi connectivity index (χ0n) is 11.6. The molecule has 0 bridgehead atoms. The molecule has 1 atom stereocenters. The molecule has 0 spiro atoms. The molecule has 2 aromatic heterocycles. The van der Waals surface area contributed by atoms with Gasteiger partial charge in [0.15, 0.2) is 0 Å². The van der Waals surface area contributed by atoms with Crippen molar-refractivity contribution in [1.82, 2.24) is 10.4 Å². The van der Waals surface area contributed by atoms with E-state index >= 15 is 0 Å². The molecular weight excluding hydrogens is 266 g/mol. The molecular formula is C16H17N3S. The Morgan fingerprint density at radius 2 is 1.95 bits per heavy atom. The Kier molecular flexibility index (Phi) is 3.53. The zero-order chi connectivity index (χ0) is 14.1. The normalized spacial score (nSPS) is 12.8. The van der Waals surface area contributed by atoms with Crippen molar-refractivity contribution in [2.45, 2.75) is 19.9 Å². The molecule has 0 aliphatic heterocycles. The summed E-state index contributed by atoms with van der Waals surface area (Å²) in [5.74, 6) is 5.83. The molecule has 0 aliphatic rings. The maximum Gasteiger partial charge on any atom is 0.0741 e. The number of pyridine rings is 1. The summed E-state index contributed by atoms with van der Waals surface area (Å²) >= 11 is 1.75. The summed E-state index contributed by atoms with van der Waals surface area (Å²) in [4.78, 5) is 4.54. The average Bonchev–Trinajstić information content (AvgIpc) is 2.91. The van der Waals surface area contributed by atoms with Gasteiger partial charge in [-0.05, 0) is 47.9 Å². The van der Waals surface area contributed by atoms with Gasteiger partial charge in [-0.3, -0.25) is 10.8 Å². The van der Waals surface area contributed by atoms with Gasteiger partial charge in [-0.2, -0.15) is 0 Å². The maximum absolute atomic E-state index is 5.83. The molecule has 0 amide bonds. The second-order valence-corrected chi connectivity index (χ2v) is 5.83. The van der Waals surface area contributed by atoms with E-state index in [0.717, 1.165) is 17.0 Å². The predicted octanol–water partition coefficient (Wildman–Crippen LogP) is 3.47. The van der Waals surface area contributed by atoms with Gasteiger partial charge < -0.3 is 0 Å². The Bertz CT molecular complexity index is 748. The van der Waals surface area contributed by atoms with Gasteiger partial charge in [0.1, 0.15) is 0 Å². The second kappa shape index (κ2) is 5.32. The van der Waals surface area contributed by atoms with Crippen molar-refractivity contribution >= 4 is 21.4 Å². The first-order valence-electron chi connectivity index (χ1n) is 6.57. The molecule has 0 saturated heterocycles. The number of hydrogen-bond donors (Lipinski definition) is 2. The molecule has 3 aromatic rings. The molecule has 0 saturated carbocycles. The van der Waals surface area contributed by atoms with Crippen molar-refractivity contribution in [2.75, 3.05) is 0 Å². The molecule has 102 valence electrons. The van der Waals surface area contributed by atoms with Gasteiger partial charge in [0, 0.05) is 16.1 Å². The van der Waals surface area contributed by atoms with E-state index in [1.54, 1.807) is 11.3 Å². The van der Waals surface area contributed by atoms with Crippen molar-refractivity contribution < 1.29 is 0 Å². The number of benzene rings is 1. The fourth-order valence-electron chi connectivity index (χ4n) is 2.59. The quantitative estimate of drug-likeness (QED) is 0.571. The van der Waals surface area contributed by atoms with Crippen LogP contribution in [0.3, 0.4) is 0 Å². The number of thiophene rings is 1. The van der Waals surface area contributed by atoms with Crippen LogP contribution in [0.1, 0.15) is 28.6 Å². The molecule has 0 fully saturated rings. The number of hydrogen-bond acceptors (Lipinski definition) is 4. The minimum Gasteiger partial charge on any atom is -0.271 e. The fraction of sp³-hybridized carbons (Fsp3) is 0.188. The molecule has 3 rings (SSSR count). The van der Waals surface area contributed by atoms with E-state index in [9.17, 15) is 0 Å². The van der Waals surface area contributed by atoms with Crippen LogP contribution in [0.5, 0.6) is 0 Å². The van der Waals surface area contributed by atoms with Crippen LogP contribution < -0.4 is 11.3 Å². The van der Waals surface area contributed by atoms with E-state index in [0.29, 0.717) is 0 Å². The van der Waals surface area contributed by atoms with Crippen molar-refractivity contribution in [3.05, 3.63) is 64.3 Å². The molecule has 3 nitrogen and oxygen atoms in total.